The van der Waals surface area contributed by atoms with Gasteiger partial charge in [-0.2, -0.15) is 0 Å². The molecule has 0 saturated heterocycles. The summed E-state index contributed by atoms with van der Waals surface area (Å²) in [4.78, 5) is 30.8. The number of methoxy groups -OCH3 is 2. The minimum atomic E-state index is -0.261. The van der Waals surface area contributed by atoms with Gasteiger partial charge in [0.1, 0.15) is 18.1 Å². The van der Waals surface area contributed by atoms with Crippen molar-refractivity contribution in [3.05, 3.63) is 89.5 Å². The second-order valence-corrected chi connectivity index (χ2v) is 10.0. The molecule has 1 aromatic heterocycles. The SMILES string of the molecule is COCCN(CC(=O)N(Cc1cccn1Cc1ccc(F)cc1)C1CCCCC1)C(=O)c1ccc(OC)cc1. The predicted octanol–water partition coefficient (Wildman–Crippen LogP) is 5.13. The number of carbonyl (C=O) groups excluding carboxylic acids is 2. The molecule has 0 atom stereocenters. The first kappa shape index (κ1) is 28.4. The highest BCUT2D eigenvalue weighted by Gasteiger charge is 2.29. The van der Waals surface area contributed by atoms with E-state index in [-0.39, 0.29) is 30.2 Å². The van der Waals surface area contributed by atoms with E-state index < -0.39 is 0 Å². The molecule has 3 aromatic rings. The van der Waals surface area contributed by atoms with Crippen LogP contribution in [0.1, 0.15) is 53.7 Å². The monoisotopic (exact) mass is 535 g/mol. The zero-order valence-corrected chi connectivity index (χ0v) is 22.9. The topological polar surface area (TPSA) is 64.0 Å². The molecule has 39 heavy (non-hydrogen) atoms. The van der Waals surface area contributed by atoms with Crippen LogP contribution in [0.2, 0.25) is 0 Å². The van der Waals surface area contributed by atoms with Crippen LogP contribution >= 0.6 is 0 Å². The third-order valence-corrected chi connectivity index (χ3v) is 7.37. The number of halogens is 1. The van der Waals surface area contributed by atoms with Gasteiger partial charge in [0.05, 0.1) is 20.3 Å². The summed E-state index contributed by atoms with van der Waals surface area (Å²) in [6.07, 6.45) is 7.24. The smallest absolute Gasteiger partial charge is 0.254 e. The summed E-state index contributed by atoms with van der Waals surface area (Å²) in [7, 11) is 3.16. The van der Waals surface area contributed by atoms with Crippen LogP contribution in [0.4, 0.5) is 4.39 Å². The molecule has 2 amide bonds. The number of carbonyl (C=O) groups is 2. The Morgan fingerprint density at radius 3 is 2.36 bits per heavy atom. The molecule has 8 heteroatoms. The van der Waals surface area contributed by atoms with E-state index in [1.165, 1.54) is 18.6 Å². The Morgan fingerprint density at radius 1 is 0.974 bits per heavy atom. The maximum atomic E-state index is 13.9. The maximum absolute atomic E-state index is 13.9. The summed E-state index contributed by atoms with van der Waals surface area (Å²) in [5.74, 6) is 0.113. The van der Waals surface area contributed by atoms with Gasteiger partial charge in [-0.15, -0.1) is 0 Å². The van der Waals surface area contributed by atoms with Crippen LogP contribution in [0.15, 0.2) is 66.9 Å². The molecule has 0 unspecified atom stereocenters. The molecule has 1 aliphatic rings. The van der Waals surface area contributed by atoms with E-state index >= 15 is 0 Å². The third kappa shape index (κ3) is 7.69. The number of ether oxygens (including phenoxy) is 2. The third-order valence-electron chi connectivity index (χ3n) is 7.37. The second-order valence-electron chi connectivity index (χ2n) is 10.0. The molecule has 0 N–H and O–H groups in total. The summed E-state index contributed by atoms with van der Waals surface area (Å²) >= 11 is 0. The Balaban J connectivity index is 1.53. The zero-order chi connectivity index (χ0) is 27.6. The number of rotatable bonds is 12. The highest BCUT2D eigenvalue weighted by molar-refractivity contribution is 5.96. The zero-order valence-electron chi connectivity index (χ0n) is 22.9. The molecule has 1 fully saturated rings. The van der Waals surface area contributed by atoms with Crippen molar-refractivity contribution < 1.29 is 23.5 Å². The van der Waals surface area contributed by atoms with E-state index in [4.69, 9.17) is 9.47 Å². The van der Waals surface area contributed by atoms with E-state index in [0.29, 0.717) is 37.6 Å². The van der Waals surface area contributed by atoms with Gasteiger partial charge in [0.25, 0.3) is 5.91 Å². The van der Waals surface area contributed by atoms with Gasteiger partial charge in [0.2, 0.25) is 5.91 Å². The molecule has 0 radical (unpaired) electrons. The van der Waals surface area contributed by atoms with Crippen molar-refractivity contribution in [2.75, 3.05) is 33.9 Å². The highest BCUT2D eigenvalue weighted by atomic mass is 19.1. The molecule has 0 bridgehead atoms. The van der Waals surface area contributed by atoms with Crippen LogP contribution in [-0.4, -0.2) is 66.1 Å². The van der Waals surface area contributed by atoms with Crippen LogP contribution in [0.25, 0.3) is 0 Å². The molecule has 1 aliphatic carbocycles. The van der Waals surface area contributed by atoms with Gasteiger partial charge in [0, 0.05) is 43.7 Å². The number of aromatic nitrogens is 1. The fraction of sp³-hybridized carbons (Fsp3) is 0.419. The van der Waals surface area contributed by atoms with Crippen LogP contribution < -0.4 is 4.74 Å². The van der Waals surface area contributed by atoms with Crippen molar-refractivity contribution in [3.8, 4) is 5.75 Å². The average Bonchev–Trinajstić information content (AvgIpc) is 3.41. The summed E-state index contributed by atoms with van der Waals surface area (Å²) in [6, 6.07) is 17.5. The van der Waals surface area contributed by atoms with Crippen molar-refractivity contribution in [2.24, 2.45) is 0 Å². The predicted molar refractivity (Wildman–Crippen MR) is 148 cm³/mol. The van der Waals surface area contributed by atoms with E-state index in [1.807, 2.05) is 23.2 Å². The lowest BCUT2D eigenvalue weighted by molar-refractivity contribution is -0.136. The van der Waals surface area contributed by atoms with Crippen LogP contribution in [0.5, 0.6) is 5.75 Å². The Bertz CT molecular complexity index is 1200. The largest absolute Gasteiger partial charge is 0.497 e. The van der Waals surface area contributed by atoms with Gasteiger partial charge in [-0.05, 0) is 66.9 Å². The summed E-state index contributed by atoms with van der Waals surface area (Å²) in [5, 5.41) is 0. The Hall–Kier alpha value is -3.65. The number of benzene rings is 2. The molecule has 208 valence electrons. The van der Waals surface area contributed by atoms with Gasteiger partial charge in [-0.1, -0.05) is 31.4 Å². The summed E-state index contributed by atoms with van der Waals surface area (Å²) < 4.78 is 26.0. The minimum Gasteiger partial charge on any atom is -0.497 e. The van der Waals surface area contributed by atoms with Gasteiger partial charge in [0.15, 0.2) is 0 Å². The van der Waals surface area contributed by atoms with Gasteiger partial charge < -0.3 is 23.8 Å². The van der Waals surface area contributed by atoms with Crippen molar-refractivity contribution in [1.29, 1.82) is 0 Å². The quantitative estimate of drug-likeness (QED) is 0.322. The van der Waals surface area contributed by atoms with E-state index in [9.17, 15) is 14.0 Å². The fourth-order valence-electron chi connectivity index (χ4n) is 5.15. The Kier molecular flexibility index (Phi) is 10.1. The van der Waals surface area contributed by atoms with Crippen molar-refractivity contribution in [1.82, 2.24) is 14.4 Å². The highest BCUT2D eigenvalue weighted by Crippen LogP contribution is 2.25. The van der Waals surface area contributed by atoms with Crippen LogP contribution in [0, 0.1) is 5.82 Å². The van der Waals surface area contributed by atoms with Gasteiger partial charge >= 0.3 is 0 Å². The van der Waals surface area contributed by atoms with E-state index in [1.54, 1.807) is 55.5 Å². The lowest BCUT2D eigenvalue weighted by Crippen LogP contribution is -2.48. The average molecular weight is 536 g/mol. The molecule has 4 rings (SSSR count). The van der Waals surface area contributed by atoms with Gasteiger partial charge in [-0.25, -0.2) is 4.39 Å². The number of amides is 2. The van der Waals surface area contributed by atoms with Crippen LogP contribution in [-0.2, 0) is 22.6 Å². The fourth-order valence-corrected chi connectivity index (χ4v) is 5.15. The Morgan fingerprint density at radius 2 is 1.69 bits per heavy atom. The number of hydrogen-bond donors (Lipinski definition) is 0. The van der Waals surface area contributed by atoms with Gasteiger partial charge in [-0.3, -0.25) is 9.59 Å². The molecular formula is C31H38FN3O4. The number of nitrogens with zero attached hydrogens (tertiary/aromatic N) is 3. The number of hydrogen-bond acceptors (Lipinski definition) is 4. The minimum absolute atomic E-state index is 0.0244. The standard InChI is InChI=1S/C31H38FN3O4/c1-38-20-19-34(31(37)25-12-16-29(39-2)17-13-25)23-30(36)35(27-7-4-3-5-8-27)22-28-9-6-18-33(28)21-24-10-14-26(32)15-11-24/h6,9-18,27H,3-5,7-8,19-23H2,1-2H3. The molecule has 1 heterocycles. The lowest BCUT2D eigenvalue weighted by atomic mass is 9.94. The van der Waals surface area contributed by atoms with E-state index in [2.05, 4.69) is 4.57 Å². The summed E-state index contributed by atoms with van der Waals surface area (Å²) in [5.41, 5.74) is 2.49. The first-order valence-corrected chi connectivity index (χ1v) is 13.6. The first-order chi connectivity index (χ1) is 19.0. The molecule has 0 aliphatic heterocycles. The lowest BCUT2D eigenvalue weighted by Gasteiger charge is -2.36. The second kappa shape index (κ2) is 13.9. The molecule has 0 spiro atoms. The first-order valence-electron chi connectivity index (χ1n) is 13.6. The molecule has 2 aromatic carbocycles. The van der Waals surface area contributed by atoms with E-state index in [0.717, 1.165) is 36.9 Å². The van der Waals surface area contributed by atoms with Crippen molar-refractivity contribution >= 4 is 11.8 Å². The maximum Gasteiger partial charge on any atom is 0.254 e. The molecule has 7 nitrogen and oxygen atoms in total. The Labute approximate surface area is 230 Å². The van der Waals surface area contributed by atoms with Crippen molar-refractivity contribution in [2.45, 2.75) is 51.2 Å². The van der Waals surface area contributed by atoms with Crippen molar-refractivity contribution in [3.63, 3.8) is 0 Å². The van der Waals surface area contributed by atoms with Crippen LogP contribution in [0.3, 0.4) is 0 Å². The molecular weight excluding hydrogens is 497 g/mol. The normalized spacial score (nSPS) is 13.7. The summed E-state index contributed by atoms with van der Waals surface area (Å²) in [6.45, 7) is 1.66. The molecule has 1 saturated carbocycles.